The normalized spacial score (nSPS) is 11.7. The number of hydrogen-bond acceptors (Lipinski definition) is 2. The number of aryl methyl sites for hydroxylation is 2. The molecule has 0 aliphatic heterocycles. The molecule has 0 aliphatic rings. The molecule has 0 bridgehead atoms. The number of carbonyl (C=O) groups is 2. The average molecular weight is 445 g/mol. The number of carbonyl (C=O) groups excluding carboxylic acids is 2. The number of amides is 2. The van der Waals surface area contributed by atoms with Crippen molar-refractivity contribution in [2.24, 2.45) is 0 Å². The number of hydrogen-bond donors (Lipinski definition) is 1. The second kappa shape index (κ2) is 11.0. The third-order valence-corrected chi connectivity index (χ3v) is 5.31. The van der Waals surface area contributed by atoms with E-state index in [0.29, 0.717) is 25.9 Å². The van der Waals surface area contributed by atoms with Crippen LogP contribution in [-0.4, -0.2) is 29.3 Å². The van der Waals surface area contributed by atoms with Crippen LogP contribution in [0.15, 0.2) is 53.0 Å². The van der Waals surface area contributed by atoms with Gasteiger partial charge in [-0.3, -0.25) is 9.59 Å². The first-order valence-electron chi connectivity index (χ1n) is 9.84. The van der Waals surface area contributed by atoms with Gasteiger partial charge in [-0.2, -0.15) is 0 Å². The van der Waals surface area contributed by atoms with Gasteiger partial charge < -0.3 is 10.2 Å². The Kier molecular flexibility index (Phi) is 8.71. The molecular formula is C23H29BrN2O2. The minimum atomic E-state index is -0.520. The van der Waals surface area contributed by atoms with E-state index in [0.717, 1.165) is 22.0 Å². The fourth-order valence-electron chi connectivity index (χ4n) is 3.07. The van der Waals surface area contributed by atoms with Crippen molar-refractivity contribution in [3.63, 3.8) is 0 Å². The van der Waals surface area contributed by atoms with Crippen molar-refractivity contribution in [1.82, 2.24) is 10.2 Å². The van der Waals surface area contributed by atoms with Crippen LogP contribution in [0.3, 0.4) is 0 Å². The van der Waals surface area contributed by atoms with Crippen LogP contribution < -0.4 is 5.32 Å². The first-order chi connectivity index (χ1) is 13.4. The maximum Gasteiger partial charge on any atom is 0.242 e. The minimum Gasteiger partial charge on any atom is -0.355 e. The van der Waals surface area contributed by atoms with Crippen molar-refractivity contribution in [2.75, 3.05) is 6.54 Å². The molecule has 1 unspecified atom stereocenters. The summed E-state index contributed by atoms with van der Waals surface area (Å²) in [5.74, 6) is -0.142. The lowest BCUT2D eigenvalue weighted by Gasteiger charge is -2.29. The fraction of sp³-hybridized carbons (Fsp3) is 0.391. The Morgan fingerprint density at radius 2 is 1.71 bits per heavy atom. The summed E-state index contributed by atoms with van der Waals surface area (Å²) in [4.78, 5) is 27.1. The highest BCUT2D eigenvalue weighted by Gasteiger charge is 2.25. The Morgan fingerprint density at radius 1 is 1.04 bits per heavy atom. The van der Waals surface area contributed by atoms with Crippen LogP contribution in [0.25, 0.3) is 0 Å². The largest absolute Gasteiger partial charge is 0.355 e. The molecule has 0 saturated heterocycles. The third-order valence-electron chi connectivity index (χ3n) is 4.82. The predicted molar refractivity (Wildman–Crippen MR) is 117 cm³/mol. The molecule has 2 rings (SSSR count). The van der Waals surface area contributed by atoms with Crippen LogP contribution in [0, 0.1) is 0 Å². The van der Waals surface area contributed by atoms with E-state index in [9.17, 15) is 9.59 Å². The molecular weight excluding hydrogens is 416 g/mol. The molecule has 1 N–H and O–H groups in total. The molecule has 0 fully saturated rings. The Hall–Kier alpha value is -2.14. The van der Waals surface area contributed by atoms with E-state index in [-0.39, 0.29) is 11.8 Å². The number of nitrogens with one attached hydrogen (secondary N) is 1. The first-order valence-corrected chi connectivity index (χ1v) is 10.6. The zero-order valence-electron chi connectivity index (χ0n) is 16.9. The van der Waals surface area contributed by atoms with E-state index in [1.54, 1.807) is 11.8 Å². The van der Waals surface area contributed by atoms with Gasteiger partial charge in [-0.05, 0) is 55.5 Å². The Labute approximate surface area is 176 Å². The van der Waals surface area contributed by atoms with Gasteiger partial charge in [0.1, 0.15) is 6.04 Å². The van der Waals surface area contributed by atoms with E-state index in [1.807, 2.05) is 31.2 Å². The average Bonchev–Trinajstić information content (AvgIpc) is 2.70. The summed E-state index contributed by atoms with van der Waals surface area (Å²) in [5, 5.41) is 2.82. The number of likely N-dealkylation sites (N-methyl/N-ethyl adjacent to an activating group) is 1. The fourth-order valence-corrected chi connectivity index (χ4v) is 3.52. The summed E-state index contributed by atoms with van der Waals surface area (Å²) in [7, 11) is 0. The molecule has 2 amide bonds. The van der Waals surface area contributed by atoms with Gasteiger partial charge in [0.2, 0.25) is 11.8 Å². The topological polar surface area (TPSA) is 49.4 Å². The molecule has 2 aromatic carbocycles. The summed E-state index contributed by atoms with van der Waals surface area (Å²) in [5.41, 5.74) is 3.42. The molecule has 0 aromatic heterocycles. The van der Waals surface area contributed by atoms with Crippen LogP contribution in [-0.2, 0) is 29.0 Å². The van der Waals surface area contributed by atoms with Gasteiger partial charge in [-0.15, -0.1) is 0 Å². The van der Waals surface area contributed by atoms with Gasteiger partial charge in [0.05, 0.1) is 0 Å². The summed E-state index contributed by atoms with van der Waals surface area (Å²) >= 11 is 3.47. The Balaban J connectivity index is 2.11. The molecule has 1 atom stereocenters. The van der Waals surface area contributed by atoms with Gasteiger partial charge in [-0.1, -0.05) is 59.3 Å². The molecule has 5 heteroatoms. The van der Waals surface area contributed by atoms with E-state index in [2.05, 4.69) is 52.4 Å². The van der Waals surface area contributed by atoms with Gasteiger partial charge in [0.25, 0.3) is 0 Å². The quantitative estimate of drug-likeness (QED) is 0.618. The standard InChI is InChI=1S/C23H29BrN2O2/c1-4-18-9-11-19(12-10-18)13-14-22(27)26(17(3)23(28)25-5-2)16-20-7-6-8-21(24)15-20/h6-12,15,17H,4-5,13-14,16H2,1-3H3,(H,25,28). The van der Waals surface area contributed by atoms with Crippen molar-refractivity contribution in [3.8, 4) is 0 Å². The molecule has 0 aliphatic carbocycles. The molecule has 0 radical (unpaired) electrons. The van der Waals surface area contributed by atoms with Crippen LogP contribution >= 0.6 is 15.9 Å². The van der Waals surface area contributed by atoms with E-state index in [1.165, 1.54) is 5.56 Å². The molecule has 28 heavy (non-hydrogen) atoms. The minimum absolute atomic E-state index is 0.0155. The maximum atomic E-state index is 13.0. The van der Waals surface area contributed by atoms with Crippen LogP contribution in [0.1, 0.15) is 43.9 Å². The summed E-state index contributed by atoms with van der Waals surface area (Å²) < 4.78 is 0.957. The number of nitrogens with zero attached hydrogens (tertiary/aromatic N) is 1. The highest BCUT2D eigenvalue weighted by molar-refractivity contribution is 9.10. The van der Waals surface area contributed by atoms with Gasteiger partial charge in [0, 0.05) is 24.0 Å². The molecule has 0 spiro atoms. The molecule has 2 aromatic rings. The lowest BCUT2D eigenvalue weighted by atomic mass is 10.0. The second-order valence-electron chi connectivity index (χ2n) is 6.89. The van der Waals surface area contributed by atoms with Gasteiger partial charge >= 0.3 is 0 Å². The molecule has 0 saturated carbocycles. The maximum absolute atomic E-state index is 13.0. The van der Waals surface area contributed by atoms with E-state index in [4.69, 9.17) is 0 Å². The summed E-state index contributed by atoms with van der Waals surface area (Å²) in [6.45, 7) is 6.75. The Morgan fingerprint density at radius 3 is 2.32 bits per heavy atom. The third kappa shape index (κ3) is 6.48. The molecule has 150 valence electrons. The van der Waals surface area contributed by atoms with Crippen LogP contribution in [0.4, 0.5) is 0 Å². The van der Waals surface area contributed by atoms with E-state index >= 15 is 0 Å². The SMILES string of the molecule is CCNC(=O)C(C)N(Cc1cccc(Br)c1)C(=O)CCc1ccc(CC)cc1. The van der Waals surface area contributed by atoms with Crippen LogP contribution in [0.2, 0.25) is 0 Å². The zero-order chi connectivity index (χ0) is 20.5. The van der Waals surface area contributed by atoms with Gasteiger partial charge in [-0.25, -0.2) is 0 Å². The van der Waals surface area contributed by atoms with Crippen molar-refractivity contribution in [1.29, 1.82) is 0 Å². The van der Waals surface area contributed by atoms with Crippen LogP contribution in [0.5, 0.6) is 0 Å². The molecule has 0 heterocycles. The monoisotopic (exact) mass is 444 g/mol. The summed E-state index contributed by atoms with van der Waals surface area (Å²) in [6, 6.07) is 15.7. The van der Waals surface area contributed by atoms with E-state index < -0.39 is 6.04 Å². The van der Waals surface area contributed by atoms with Crippen molar-refractivity contribution >= 4 is 27.7 Å². The number of rotatable bonds is 9. The number of benzene rings is 2. The lowest BCUT2D eigenvalue weighted by molar-refractivity contribution is -0.140. The second-order valence-corrected chi connectivity index (χ2v) is 7.81. The van der Waals surface area contributed by atoms with Crippen molar-refractivity contribution in [3.05, 3.63) is 69.7 Å². The first kappa shape index (κ1) is 22.2. The van der Waals surface area contributed by atoms with Gasteiger partial charge in [0.15, 0.2) is 0 Å². The highest BCUT2D eigenvalue weighted by Crippen LogP contribution is 2.17. The Bertz CT molecular complexity index is 789. The number of halogens is 1. The van der Waals surface area contributed by atoms with Crippen molar-refractivity contribution in [2.45, 2.75) is 52.6 Å². The molecule has 4 nitrogen and oxygen atoms in total. The summed E-state index contributed by atoms with van der Waals surface area (Å²) in [6.07, 6.45) is 2.05. The lowest BCUT2D eigenvalue weighted by Crippen LogP contribution is -2.47. The highest BCUT2D eigenvalue weighted by atomic mass is 79.9. The smallest absolute Gasteiger partial charge is 0.242 e. The van der Waals surface area contributed by atoms with Crippen molar-refractivity contribution < 1.29 is 9.59 Å². The predicted octanol–water partition coefficient (Wildman–Crippen LogP) is 4.50. The zero-order valence-corrected chi connectivity index (χ0v) is 18.5.